The van der Waals surface area contributed by atoms with Crippen LogP contribution in [0.1, 0.15) is 23.2 Å². The van der Waals surface area contributed by atoms with Crippen LogP contribution in [0.15, 0.2) is 24.3 Å². The van der Waals surface area contributed by atoms with Crippen molar-refractivity contribution in [3.8, 4) is 0 Å². The molecular formula is C17H21N3O3. The molecule has 0 bridgehead atoms. The van der Waals surface area contributed by atoms with Gasteiger partial charge in [0.05, 0.1) is 0 Å². The summed E-state index contributed by atoms with van der Waals surface area (Å²) in [5.41, 5.74) is 1.66. The lowest BCUT2D eigenvalue weighted by molar-refractivity contribution is -0.139. The van der Waals surface area contributed by atoms with Crippen molar-refractivity contribution in [2.75, 3.05) is 38.6 Å². The van der Waals surface area contributed by atoms with Gasteiger partial charge in [0, 0.05) is 63.7 Å². The van der Waals surface area contributed by atoms with Crippen LogP contribution in [0.3, 0.4) is 0 Å². The molecule has 2 aliphatic heterocycles. The standard InChI is InChI=1S/C17H21N3O3/c1-18(2)14-5-3-4-13(8-14)17(23)19-9-12(10-19)11-20-15(21)6-7-16(20)22/h3-5,8,12H,6-7,9-11H2,1-2H3. The number of imide groups is 1. The number of rotatable bonds is 4. The van der Waals surface area contributed by atoms with Crippen molar-refractivity contribution >= 4 is 23.4 Å². The minimum Gasteiger partial charge on any atom is -0.378 e. The smallest absolute Gasteiger partial charge is 0.253 e. The molecule has 2 heterocycles. The minimum absolute atomic E-state index is 0.00373. The molecule has 122 valence electrons. The molecule has 0 aliphatic carbocycles. The predicted octanol–water partition coefficient (Wildman–Crippen LogP) is 0.974. The van der Waals surface area contributed by atoms with Gasteiger partial charge in [-0.3, -0.25) is 19.3 Å². The number of benzene rings is 1. The van der Waals surface area contributed by atoms with Crippen molar-refractivity contribution in [2.24, 2.45) is 5.92 Å². The Morgan fingerprint density at radius 2 is 1.83 bits per heavy atom. The van der Waals surface area contributed by atoms with Crippen LogP contribution in [0.5, 0.6) is 0 Å². The average molecular weight is 315 g/mol. The maximum Gasteiger partial charge on any atom is 0.253 e. The van der Waals surface area contributed by atoms with E-state index in [9.17, 15) is 14.4 Å². The third kappa shape index (κ3) is 3.06. The highest BCUT2D eigenvalue weighted by Gasteiger charge is 2.37. The first kappa shape index (κ1) is 15.5. The number of nitrogens with zero attached hydrogens (tertiary/aromatic N) is 3. The summed E-state index contributed by atoms with van der Waals surface area (Å²) in [6.45, 7) is 1.64. The number of hydrogen-bond donors (Lipinski definition) is 0. The summed E-state index contributed by atoms with van der Waals surface area (Å²) < 4.78 is 0. The minimum atomic E-state index is -0.0848. The Morgan fingerprint density at radius 3 is 2.43 bits per heavy atom. The van der Waals surface area contributed by atoms with Gasteiger partial charge in [0.25, 0.3) is 5.91 Å². The lowest BCUT2D eigenvalue weighted by Gasteiger charge is -2.40. The first-order valence-electron chi connectivity index (χ1n) is 7.85. The van der Waals surface area contributed by atoms with Gasteiger partial charge in [-0.25, -0.2) is 0 Å². The van der Waals surface area contributed by atoms with Crippen molar-refractivity contribution < 1.29 is 14.4 Å². The number of carbonyl (C=O) groups is 3. The van der Waals surface area contributed by atoms with E-state index in [1.807, 2.05) is 43.3 Å². The van der Waals surface area contributed by atoms with E-state index >= 15 is 0 Å². The van der Waals surface area contributed by atoms with Gasteiger partial charge in [-0.2, -0.15) is 0 Å². The van der Waals surface area contributed by atoms with Crippen molar-refractivity contribution in [2.45, 2.75) is 12.8 Å². The second-order valence-corrected chi connectivity index (χ2v) is 6.42. The maximum atomic E-state index is 12.5. The number of anilines is 1. The molecule has 3 amide bonds. The molecule has 3 rings (SSSR count). The van der Waals surface area contributed by atoms with E-state index in [1.165, 1.54) is 4.90 Å². The topological polar surface area (TPSA) is 60.9 Å². The number of carbonyl (C=O) groups excluding carboxylic acids is 3. The molecular weight excluding hydrogens is 294 g/mol. The van der Waals surface area contributed by atoms with E-state index in [-0.39, 0.29) is 23.6 Å². The summed E-state index contributed by atoms with van der Waals surface area (Å²) in [6.07, 6.45) is 0.650. The Hall–Kier alpha value is -2.37. The van der Waals surface area contributed by atoms with Crippen LogP contribution < -0.4 is 4.90 Å². The van der Waals surface area contributed by atoms with Crippen molar-refractivity contribution in [3.63, 3.8) is 0 Å². The number of amides is 3. The lowest BCUT2D eigenvalue weighted by atomic mass is 9.98. The van der Waals surface area contributed by atoms with Crippen LogP contribution in [-0.4, -0.2) is 61.3 Å². The molecule has 1 aromatic rings. The van der Waals surface area contributed by atoms with Gasteiger partial charge in [0.2, 0.25) is 11.8 Å². The van der Waals surface area contributed by atoms with Gasteiger partial charge in [-0.05, 0) is 18.2 Å². The van der Waals surface area contributed by atoms with Gasteiger partial charge in [-0.1, -0.05) is 6.07 Å². The predicted molar refractivity (Wildman–Crippen MR) is 86.1 cm³/mol. The van der Waals surface area contributed by atoms with Crippen LogP contribution in [0.2, 0.25) is 0 Å². The quantitative estimate of drug-likeness (QED) is 0.777. The third-order valence-corrected chi connectivity index (χ3v) is 4.45. The SMILES string of the molecule is CN(C)c1cccc(C(=O)N2CC(CN3C(=O)CCC3=O)C2)c1. The summed E-state index contributed by atoms with van der Waals surface area (Å²) in [4.78, 5) is 40.8. The monoisotopic (exact) mass is 315 g/mol. The second-order valence-electron chi connectivity index (χ2n) is 6.42. The zero-order valence-corrected chi connectivity index (χ0v) is 13.5. The van der Waals surface area contributed by atoms with E-state index in [1.54, 1.807) is 4.90 Å². The maximum absolute atomic E-state index is 12.5. The highest BCUT2D eigenvalue weighted by molar-refractivity contribution is 6.02. The summed E-state index contributed by atoms with van der Waals surface area (Å²) in [7, 11) is 3.88. The van der Waals surface area contributed by atoms with Gasteiger partial charge in [0.1, 0.15) is 0 Å². The molecule has 0 saturated carbocycles. The second kappa shape index (κ2) is 6.02. The van der Waals surface area contributed by atoms with E-state index in [4.69, 9.17) is 0 Å². The molecule has 0 radical (unpaired) electrons. The van der Waals surface area contributed by atoms with Crippen molar-refractivity contribution in [3.05, 3.63) is 29.8 Å². The van der Waals surface area contributed by atoms with Crippen LogP contribution >= 0.6 is 0 Å². The van der Waals surface area contributed by atoms with E-state index in [0.29, 0.717) is 38.0 Å². The first-order valence-corrected chi connectivity index (χ1v) is 7.85. The van der Waals surface area contributed by atoms with Crippen LogP contribution in [-0.2, 0) is 9.59 Å². The van der Waals surface area contributed by atoms with Gasteiger partial charge in [0.15, 0.2) is 0 Å². The first-order chi connectivity index (χ1) is 11.0. The number of hydrogen-bond acceptors (Lipinski definition) is 4. The van der Waals surface area contributed by atoms with Crippen LogP contribution in [0.25, 0.3) is 0 Å². The molecule has 0 unspecified atom stereocenters. The fourth-order valence-electron chi connectivity index (χ4n) is 3.04. The third-order valence-electron chi connectivity index (χ3n) is 4.45. The number of likely N-dealkylation sites (tertiary alicyclic amines) is 2. The normalized spacial score (nSPS) is 18.3. The van der Waals surface area contributed by atoms with E-state index < -0.39 is 0 Å². The summed E-state index contributed by atoms with van der Waals surface area (Å²) in [5.74, 6) is 0.0305. The van der Waals surface area contributed by atoms with Crippen molar-refractivity contribution in [1.29, 1.82) is 0 Å². The Kier molecular flexibility index (Phi) is 4.07. The van der Waals surface area contributed by atoms with Crippen LogP contribution in [0.4, 0.5) is 5.69 Å². The average Bonchev–Trinajstić information content (AvgIpc) is 2.81. The van der Waals surface area contributed by atoms with Gasteiger partial charge in [-0.15, -0.1) is 0 Å². The van der Waals surface area contributed by atoms with E-state index in [2.05, 4.69) is 0 Å². The molecule has 2 fully saturated rings. The van der Waals surface area contributed by atoms with E-state index in [0.717, 1.165) is 5.69 Å². The van der Waals surface area contributed by atoms with Crippen molar-refractivity contribution in [1.82, 2.24) is 9.80 Å². The molecule has 6 nitrogen and oxygen atoms in total. The molecule has 2 aliphatic rings. The highest BCUT2D eigenvalue weighted by Crippen LogP contribution is 2.23. The zero-order chi connectivity index (χ0) is 16.6. The largest absolute Gasteiger partial charge is 0.378 e. The summed E-state index contributed by atoms with van der Waals surface area (Å²) >= 11 is 0. The Morgan fingerprint density at radius 1 is 1.17 bits per heavy atom. The molecule has 0 atom stereocenters. The fourth-order valence-corrected chi connectivity index (χ4v) is 3.04. The van der Waals surface area contributed by atoms with Crippen LogP contribution in [0, 0.1) is 5.92 Å². The fraction of sp³-hybridized carbons (Fsp3) is 0.471. The molecule has 6 heteroatoms. The lowest BCUT2D eigenvalue weighted by Crippen LogP contribution is -2.54. The Balaban J connectivity index is 1.57. The summed E-state index contributed by atoms with van der Waals surface area (Å²) in [5, 5.41) is 0. The zero-order valence-electron chi connectivity index (χ0n) is 13.5. The molecule has 23 heavy (non-hydrogen) atoms. The Bertz CT molecular complexity index is 634. The molecule has 1 aromatic carbocycles. The molecule has 0 N–H and O–H groups in total. The Labute approximate surface area is 135 Å². The van der Waals surface area contributed by atoms with Gasteiger partial charge < -0.3 is 9.80 Å². The molecule has 2 saturated heterocycles. The molecule has 0 spiro atoms. The summed E-state index contributed by atoms with van der Waals surface area (Å²) in [6, 6.07) is 7.53. The highest BCUT2D eigenvalue weighted by atomic mass is 16.2. The van der Waals surface area contributed by atoms with Gasteiger partial charge >= 0.3 is 0 Å². The molecule has 0 aromatic heterocycles.